The van der Waals surface area contributed by atoms with E-state index in [1.54, 1.807) is 7.11 Å². The Bertz CT molecular complexity index is 580. The number of rotatable bonds is 11. The maximum atomic E-state index is 9.33. The Morgan fingerprint density at radius 3 is 2.82 bits per heavy atom. The van der Waals surface area contributed by atoms with Gasteiger partial charge in [0.05, 0.1) is 26.9 Å². The van der Waals surface area contributed by atoms with Crippen LogP contribution in [0.1, 0.15) is 26.2 Å². The second kappa shape index (κ2) is 13.8. The number of ether oxygens (including phenoxy) is 3. The third kappa shape index (κ3) is 8.40. The summed E-state index contributed by atoms with van der Waals surface area (Å²) in [6, 6.07) is 7.61. The lowest BCUT2D eigenvalue weighted by molar-refractivity contribution is 0.131. The summed E-state index contributed by atoms with van der Waals surface area (Å²) in [5, 5.41) is 15.9. The Kier molecular flexibility index (Phi) is 12.2. The van der Waals surface area contributed by atoms with Gasteiger partial charge in [-0.1, -0.05) is 6.07 Å². The molecule has 1 unspecified atom stereocenters. The van der Waals surface area contributed by atoms with Crippen LogP contribution in [-0.2, 0) is 4.74 Å². The highest BCUT2D eigenvalue weighted by molar-refractivity contribution is 14.0. The number of halogens is 1. The average molecular weight is 507 g/mol. The van der Waals surface area contributed by atoms with Crippen LogP contribution in [0.15, 0.2) is 29.3 Å². The van der Waals surface area contributed by atoms with Crippen LogP contribution in [0.2, 0.25) is 0 Å². The van der Waals surface area contributed by atoms with Crippen molar-refractivity contribution in [2.45, 2.75) is 26.2 Å². The Labute approximate surface area is 185 Å². The predicted molar refractivity (Wildman–Crippen MR) is 122 cm³/mol. The molecular weight excluding hydrogens is 473 g/mol. The van der Waals surface area contributed by atoms with E-state index in [9.17, 15) is 5.11 Å². The number of hydrogen-bond acceptors (Lipinski definition) is 5. The van der Waals surface area contributed by atoms with Gasteiger partial charge in [-0.2, -0.15) is 0 Å². The van der Waals surface area contributed by atoms with Gasteiger partial charge in [-0.15, -0.1) is 24.0 Å². The molecule has 1 saturated heterocycles. The lowest BCUT2D eigenvalue weighted by Crippen LogP contribution is -2.39. The average Bonchev–Trinajstić information content (AvgIpc) is 3.15. The minimum absolute atomic E-state index is 0. The largest absolute Gasteiger partial charge is 0.497 e. The quantitative estimate of drug-likeness (QED) is 0.185. The van der Waals surface area contributed by atoms with E-state index < -0.39 is 0 Å². The number of nitrogens with one attached hydrogen (secondary N) is 2. The van der Waals surface area contributed by atoms with E-state index in [2.05, 4.69) is 10.6 Å². The van der Waals surface area contributed by atoms with E-state index >= 15 is 0 Å². The molecule has 160 valence electrons. The number of hydrogen-bond donors (Lipinski definition) is 3. The molecule has 1 heterocycles. The van der Waals surface area contributed by atoms with Crippen LogP contribution in [0, 0.1) is 5.41 Å². The summed E-state index contributed by atoms with van der Waals surface area (Å²) in [6.07, 6.45) is 2.53. The highest BCUT2D eigenvalue weighted by atomic mass is 127. The van der Waals surface area contributed by atoms with Gasteiger partial charge in [-0.25, -0.2) is 0 Å². The molecule has 0 aromatic heterocycles. The molecule has 0 saturated carbocycles. The van der Waals surface area contributed by atoms with E-state index in [1.807, 2.05) is 31.2 Å². The van der Waals surface area contributed by atoms with Crippen LogP contribution in [0.3, 0.4) is 0 Å². The molecule has 1 aromatic carbocycles. The van der Waals surface area contributed by atoms with Gasteiger partial charge in [-0.3, -0.25) is 4.99 Å². The molecule has 0 radical (unpaired) electrons. The molecule has 2 rings (SSSR count). The maximum absolute atomic E-state index is 9.33. The van der Waals surface area contributed by atoms with E-state index in [4.69, 9.17) is 19.2 Å². The predicted octanol–water partition coefficient (Wildman–Crippen LogP) is 2.43. The number of guanidine groups is 1. The van der Waals surface area contributed by atoms with Gasteiger partial charge >= 0.3 is 0 Å². The highest BCUT2D eigenvalue weighted by Gasteiger charge is 2.34. The van der Waals surface area contributed by atoms with Crippen molar-refractivity contribution < 1.29 is 19.3 Å². The Morgan fingerprint density at radius 2 is 2.14 bits per heavy atom. The number of aliphatic hydroxyl groups excluding tert-OH is 1. The summed E-state index contributed by atoms with van der Waals surface area (Å²) in [4.78, 5) is 4.71. The van der Waals surface area contributed by atoms with Gasteiger partial charge in [0.15, 0.2) is 5.96 Å². The normalized spacial score (nSPS) is 19.0. The molecule has 1 aromatic rings. The monoisotopic (exact) mass is 507 g/mol. The first-order valence-electron chi connectivity index (χ1n) is 9.69. The lowest BCUT2D eigenvalue weighted by atomic mass is 9.84. The molecule has 3 N–H and O–H groups in total. The van der Waals surface area contributed by atoms with Crippen LogP contribution in [0.4, 0.5) is 0 Å². The summed E-state index contributed by atoms with van der Waals surface area (Å²) < 4.78 is 16.5. The number of methoxy groups -OCH3 is 1. The number of nitrogens with zero attached hydrogens (tertiary/aromatic N) is 1. The Balaban J connectivity index is 0.00000392. The van der Waals surface area contributed by atoms with Gasteiger partial charge in [0, 0.05) is 37.8 Å². The van der Waals surface area contributed by atoms with Crippen LogP contribution in [0.5, 0.6) is 11.5 Å². The molecular formula is C20H34IN3O4. The van der Waals surface area contributed by atoms with Crippen LogP contribution in [0.25, 0.3) is 0 Å². The first-order valence-corrected chi connectivity index (χ1v) is 9.69. The van der Waals surface area contributed by atoms with Gasteiger partial charge in [-0.05, 0) is 38.3 Å². The summed E-state index contributed by atoms with van der Waals surface area (Å²) >= 11 is 0. The van der Waals surface area contributed by atoms with Crippen molar-refractivity contribution in [2.24, 2.45) is 10.4 Å². The summed E-state index contributed by atoms with van der Waals surface area (Å²) in [5.74, 6) is 2.39. The standard InChI is InChI=1S/C20H33N3O4.HI/c1-3-21-19(23-15-20(8-11-24)9-13-26-16-20)22-10-5-12-27-18-7-4-6-17(14-18)25-2;/h4,6-7,14,24H,3,5,8-13,15-16H2,1-2H3,(H2,21,22,23);1H. The second-order valence-electron chi connectivity index (χ2n) is 6.78. The first-order chi connectivity index (χ1) is 13.2. The Hall–Kier alpha value is -1.26. The van der Waals surface area contributed by atoms with Crippen LogP contribution in [-0.4, -0.2) is 64.2 Å². The van der Waals surface area contributed by atoms with Crippen molar-refractivity contribution in [2.75, 3.05) is 53.2 Å². The SMILES string of the molecule is CCNC(=NCC1(CCO)CCOC1)NCCCOc1cccc(OC)c1.I. The number of benzene rings is 1. The van der Waals surface area contributed by atoms with Crippen molar-refractivity contribution in [3.8, 4) is 11.5 Å². The van der Waals surface area contributed by atoms with Crippen LogP contribution < -0.4 is 20.1 Å². The van der Waals surface area contributed by atoms with Gasteiger partial charge < -0.3 is 30.0 Å². The third-order valence-corrected chi connectivity index (χ3v) is 4.67. The van der Waals surface area contributed by atoms with Gasteiger partial charge in [0.2, 0.25) is 0 Å². The zero-order valence-electron chi connectivity index (χ0n) is 16.9. The van der Waals surface area contributed by atoms with Gasteiger partial charge in [0.1, 0.15) is 11.5 Å². The molecule has 1 fully saturated rings. The van der Waals surface area contributed by atoms with Crippen molar-refractivity contribution >= 4 is 29.9 Å². The molecule has 1 aliphatic rings. The smallest absolute Gasteiger partial charge is 0.191 e. The van der Waals surface area contributed by atoms with Crippen molar-refractivity contribution in [1.82, 2.24) is 10.6 Å². The third-order valence-electron chi connectivity index (χ3n) is 4.67. The molecule has 28 heavy (non-hydrogen) atoms. The summed E-state index contributed by atoms with van der Waals surface area (Å²) in [7, 11) is 1.65. The minimum Gasteiger partial charge on any atom is -0.497 e. The molecule has 7 nitrogen and oxygen atoms in total. The molecule has 0 spiro atoms. The summed E-state index contributed by atoms with van der Waals surface area (Å²) in [5.41, 5.74) is -0.0351. The van der Waals surface area contributed by atoms with E-state index in [1.165, 1.54) is 0 Å². The number of aliphatic imine (C=N–C) groups is 1. The van der Waals surface area contributed by atoms with Crippen molar-refractivity contribution in [3.63, 3.8) is 0 Å². The maximum Gasteiger partial charge on any atom is 0.191 e. The van der Waals surface area contributed by atoms with E-state index in [0.717, 1.165) is 56.4 Å². The molecule has 0 aliphatic carbocycles. The molecule has 1 aliphatic heterocycles. The fourth-order valence-electron chi connectivity index (χ4n) is 3.04. The molecule has 0 bridgehead atoms. The molecule has 8 heteroatoms. The van der Waals surface area contributed by atoms with E-state index in [0.29, 0.717) is 19.8 Å². The summed E-state index contributed by atoms with van der Waals surface area (Å²) in [6.45, 7) is 6.47. The minimum atomic E-state index is -0.0351. The fraction of sp³-hybridized carbons (Fsp3) is 0.650. The van der Waals surface area contributed by atoms with Crippen molar-refractivity contribution in [3.05, 3.63) is 24.3 Å². The zero-order valence-corrected chi connectivity index (χ0v) is 19.2. The topological polar surface area (TPSA) is 84.3 Å². The first kappa shape index (κ1) is 24.8. The van der Waals surface area contributed by atoms with E-state index in [-0.39, 0.29) is 36.0 Å². The van der Waals surface area contributed by atoms with Crippen molar-refractivity contribution in [1.29, 1.82) is 0 Å². The fourth-order valence-corrected chi connectivity index (χ4v) is 3.04. The van der Waals surface area contributed by atoms with Gasteiger partial charge in [0.25, 0.3) is 0 Å². The lowest BCUT2D eigenvalue weighted by Gasteiger charge is -2.24. The Morgan fingerprint density at radius 1 is 1.32 bits per heavy atom. The molecule has 0 amide bonds. The zero-order chi connectivity index (χ0) is 19.4. The van der Waals surface area contributed by atoms with Crippen LogP contribution >= 0.6 is 24.0 Å². The highest BCUT2D eigenvalue weighted by Crippen LogP contribution is 2.32. The number of aliphatic hydroxyl groups is 1. The molecule has 1 atom stereocenters. The second-order valence-corrected chi connectivity index (χ2v) is 6.78.